The van der Waals surface area contributed by atoms with Crippen LogP contribution in [-0.2, 0) is 0 Å². The molecule has 0 bridgehead atoms. The molecule has 0 fully saturated rings. The highest BCUT2D eigenvalue weighted by Crippen LogP contribution is 2.28. The fraction of sp³-hybridized carbons (Fsp3) is 0. The number of carbonyl (C=O) groups is 2. The highest BCUT2D eigenvalue weighted by molar-refractivity contribution is 7.17. The van der Waals surface area contributed by atoms with E-state index in [1.165, 1.54) is 35.8 Å². The Morgan fingerprint density at radius 2 is 1.70 bits per heavy atom. The van der Waals surface area contributed by atoms with Crippen molar-refractivity contribution in [3.63, 3.8) is 0 Å². The molecule has 0 atom stereocenters. The second-order valence-electron chi connectivity index (χ2n) is 4.56. The average Bonchev–Trinajstić information content (AvgIpc) is 3.24. The van der Waals surface area contributed by atoms with E-state index in [1.54, 1.807) is 30.3 Å². The lowest BCUT2D eigenvalue weighted by Gasteiger charge is -2.04. The Balaban J connectivity index is 1.64. The SMILES string of the molecule is O=C(NNC(=O)c1ccc(-c2ccc(F)cc2)s1)c1ccco1. The van der Waals surface area contributed by atoms with Crippen LogP contribution in [-0.4, -0.2) is 11.8 Å². The van der Waals surface area contributed by atoms with Crippen molar-refractivity contribution in [1.82, 2.24) is 10.9 Å². The molecule has 2 N–H and O–H groups in total. The third-order valence-electron chi connectivity index (χ3n) is 2.99. The number of nitrogens with one attached hydrogen (secondary N) is 2. The van der Waals surface area contributed by atoms with Crippen LogP contribution in [0.25, 0.3) is 10.4 Å². The molecule has 0 spiro atoms. The maximum absolute atomic E-state index is 12.9. The first-order valence-corrected chi connectivity index (χ1v) is 7.45. The van der Waals surface area contributed by atoms with E-state index in [1.807, 2.05) is 0 Å². The Hall–Kier alpha value is -2.93. The van der Waals surface area contributed by atoms with Crippen LogP contribution in [0.15, 0.2) is 59.2 Å². The Morgan fingerprint density at radius 3 is 2.39 bits per heavy atom. The van der Waals surface area contributed by atoms with E-state index in [2.05, 4.69) is 10.9 Å². The van der Waals surface area contributed by atoms with Gasteiger partial charge in [-0.2, -0.15) is 0 Å². The summed E-state index contributed by atoms with van der Waals surface area (Å²) in [4.78, 5) is 24.9. The summed E-state index contributed by atoms with van der Waals surface area (Å²) in [6.45, 7) is 0. The normalized spacial score (nSPS) is 10.3. The summed E-state index contributed by atoms with van der Waals surface area (Å²) < 4.78 is 17.8. The summed E-state index contributed by atoms with van der Waals surface area (Å²) in [6, 6.07) is 12.5. The van der Waals surface area contributed by atoms with E-state index in [-0.39, 0.29) is 11.6 Å². The molecule has 0 aliphatic carbocycles. The first-order valence-electron chi connectivity index (χ1n) is 6.63. The maximum atomic E-state index is 12.9. The number of carbonyl (C=O) groups excluding carboxylic acids is 2. The minimum Gasteiger partial charge on any atom is -0.459 e. The molecular formula is C16H11FN2O3S. The number of halogens is 1. The molecule has 7 heteroatoms. The molecule has 2 amide bonds. The van der Waals surface area contributed by atoms with Crippen molar-refractivity contribution in [2.45, 2.75) is 0 Å². The molecule has 3 aromatic rings. The second kappa shape index (κ2) is 6.45. The molecule has 2 aromatic heterocycles. The molecule has 0 aliphatic rings. The monoisotopic (exact) mass is 330 g/mol. The van der Waals surface area contributed by atoms with Gasteiger partial charge in [-0.25, -0.2) is 4.39 Å². The molecule has 0 aliphatic heterocycles. The van der Waals surface area contributed by atoms with Crippen molar-refractivity contribution in [1.29, 1.82) is 0 Å². The lowest BCUT2D eigenvalue weighted by molar-refractivity contribution is 0.0833. The van der Waals surface area contributed by atoms with Gasteiger partial charge in [-0.05, 0) is 42.0 Å². The van der Waals surface area contributed by atoms with E-state index >= 15 is 0 Å². The maximum Gasteiger partial charge on any atom is 0.305 e. The van der Waals surface area contributed by atoms with Gasteiger partial charge in [-0.3, -0.25) is 20.4 Å². The van der Waals surface area contributed by atoms with E-state index in [0.29, 0.717) is 4.88 Å². The van der Waals surface area contributed by atoms with E-state index < -0.39 is 11.8 Å². The Morgan fingerprint density at radius 1 is 0.957 bits per heavy atom. The van der Waals surface area contributed by atoms with Crippen LogP contribution < -0.4 is 10.9 Å². The largest absolute Gasteiger partial charge is 0.459 e. The van der Waals surface area contributed by atoms with Crippen molar-refractivity contribution in [2.75, 3.05) is 0 Å². The van der Waals surface area contributed by atoms with E-state index in [9.17, 15) is 14.0 Å². The lowest BCUT2D eigenvalue weighted by Crippen LogP contribution is -2.41. The van der Waals surface area contributed by atoms with Crippen LogP contribution in [0.4, 0.5) is 4.39 Å². The topological polar surface area (TPSA) is 71.3 Å². The van der Waals surface area contributed by atoms with Crippen molar-refractivity contribution in [3.8, 4) is 10.4 Å². The molecule has 5 nitrogen and oxygen atoms in total. The predicted octanol–water partition coefficient (Wildman–Crippen LogP) is 3.22. The van der Waals surface area contributed by atoms with Crippen LogP contribution in [0.2, 0.25) is 0 Å². The third kappa shape index (κ3) is 3.46. The highest BCUT2D eigenvalue weighted by atomic mass is 32.1. The summed E-state index contributed by atoms with van der Waals surface area (Å²) >= 11 is 1.24. The first kappa shape index (κ1) is 15.0. The molecule has 0 radical (unpaired) electrons. The number of benzene rings is 1. The number of amides is 2. The van der Waals surface area contributed by atoms with Gasteiger partial charge >= 0.3 is 5.91 Å². The fourth-order valence-corrected chi connectivity index (χ4v) is 2.78. The Labute approximate surface area is 134 Å². The molecule has 1 aromatic carbocycles. The lowest BCUT2D eigenvalue weighted by atomic mass is 10.2. The predicted molar refractivity (Wildman–Crippen MR) is 83.4 cm³/mol. The number of thiophene rings is 1. The van der Waals surface area contributed by atoms with Crippen molar-refractivity contribution in [3.05, 3.63) is 71.2 Å². The van der Waals surface area contributed by atoms with Gasteiger partial charge in [0.1, 0.15) is 5.82 Å². The summed E-state index contributed by atoms with van der Waals surface area (Å²) in [5.74, 6) is -1.20. The summed E-state index contributed by atoms with van der Waals surface area (Å²) in [7, 11) is 0. The quantitative estimate of drug-likeness (QED) is 0.724. The Bertz CT molecular complexity index is 825. The second-order valence-corrected chi connectivity index (χ2v) is 5.64. The zero-order chi connectivity index (χ0) is 16.2. The molecule has 3 rings (SSSR count). The van der Waals surface area contributed by atoms with Crippen LogP contribution in [0, 0.1) is 5.82 Å². The zero-order valence-electron chi connectivity index (χ0n) is 11.7. The van der Waals surface area contributed by atoms with Gasteiger partial charge in [0.2, 0.25) is 0 Å². The van der Waals surface area contributed by atoms with Gasteiger partial charge in [0.15, 0.2) is 5.76 Å². The summed E-state index contributed by atoms with van der Waals surface area (Å²) in [5.41, 5.74) is 5.39. The summed E-state index contributed by atoms with van der Waals surface area (Å²) in [5, 5.41) is 0. The number of hydrazine groups is 1. The van der Waals surface area contributed by atoms with Gasteiger partial charge in [-0.15, -0.1) is 11.3 Å². The van der Waals surface area contributed by atoms with Crippen LogP contribution in [0.5, 0.6) is 0 Å². The fourth-order valence-electron chi connectivity index (χ4n) is 1.87. The van der Waals surface area contributed by atoms with Crippen molar-refractivity contribution < 1.29 is 18.4 Å². The number of rotatable bonds is 3. The molecule has 0 saturated heterocycles. The molecule has 0 unspecified atom stereocenters. The number of hydrogen-bond acceptors (Lipinski definition) is 4. The third-order valence-corrected chi connectivity index (χ3v) is 4.13. The smallest absolute Gasteiger partial charge is 0.305 e. The van der Waals surface area contributed by atoms with E-state index in [4.69, 9.17) is 4.42 Å². The molecule has 0 saturated carbocycles. The molecular weight excluding hydrogens is 319 g/mol. The highest BCUT2D eigenvalue weighted by Gasteiger charge is 2.13. The zero-order valence-corrected chi connectivity index (χ0v) is 12.5. The van der Waals surface area contributed by atoms with Gasteiger partial charge in [0.05, 0.1) is 11.1 Å². The van der Waals surface area contributed by atoms with Crippen LogP contribution in [0.3, 0.4) is 0 Å². The number of furan rings is 1. The van der Waals surface area contributed by atoms with Crippen LogP contribution >= 0.6 is 11.3 Å². The minimum absolute atomic E-state index is 0.100. The van der Waals surface area contributed by atoms with Gasteiger partial charge in [-0.1, -0.05) is 12.1 Å². The van der Waals surface area contributed by atoms with Crippen LogP contribution in [0.1, 0.15) is 20.2 Å². The van der Waals surface area contributed by atoms with Gasteiger partial charge in [0, 0.05) is 4.88 Å². The van der Waals surface area contributed by atoms with E-state index in [0.717, 1.165) is 10.4 Å². The molecule has 23 heavy (non-hydrogen) atoms. The minimum atomic E-state index is -0.543. The average molecular weight is 330 g/mol. The first-order chi connectivity index (χ1) is 11.1. The van der Waals surface area contributed by atoms with Gasteiger partial charge in [0.25, 0.3) is 5.91 Å². The van der Waals surface area contributed by atoms with Gasteiger partial charge < -0.3 is 4.42 Å². The van der Waals surface area contributed by atoms with Crippen molar-refractivity contribution >= 4 is 23.2 Å². The van der Waals surface area contributed by atoms with Crippen molar-refractivity contribution in [2.24, 2.45) is 0 Å². The molecule has 2 heterocycles. The number of hydrogen-bond donors (Lipinski definition) is 2. The summed E-state index contributed by atoms with van der Waals surface area (Å²) in [6.07, 6.45) is 1.37. The standard InChI is InChI=1S/C16H11FN2O3S/c17-11-5-3-10(4-6-11)13-7-8-14(23-13)16(21)19-18-15(20)12-2-1-9-22-12/h1-9H,(H,18,20)(H,19,21). The Kier molecular flexibility index (Phi) is 4.20. The molecule has 116 valence electrons.